The minimum atomic E-state index is -0.537. The number of hydrogen-bond acceptors (Lipinski definition) is 1. The second-order valence-electron chi connectivity index (χ2n) is 8.03. The molecule has 1 amide bonds. The van der Waals surface area contributed by atoms with E-state index in [9.17, 15) is 9.18 Å². The molecule has 1 aromatic heterocycles. The van der Waals surface area contributed by atoms with Crippen molar-refractivity contribution >= 4 is 33.7 Å². The number of rotatable bonds is 4. The Morgan fingerprint density at radius 2 is 1.83 bits per heavy atom. The molecule has 1 aliphatic carbocycles. The molecule has 150 valence electrons. The van der Waals surface area contributed by atoms with Gasteiger partial charge in [0, 0.05) is 29.3 Å². The second-order valence-corrected chi connectivity index (χ2v) is 8.03. The lowest BCUT2D eigenvalue weighted by Gasteiger charge is -2.17. The van der Waals surface area contributed by atoms with Crippen molar-refractivity contribution in [2.75, 3.05) is 0 Å². The Morgan fingerprint density at radius 1 is 1.03 bits per heavy atom. The van der Waals surface area contributed by atoms with Gasteiger partial charge in [0.25, 0.3) is 0 Å². The first kappa shape index (κ1) is 18.6. The van der Waals surface area contributed by atoms with Gasteiger partial charge >= 0.3 is 0 Å². The van der Waals surface area contributed by atoms with Crippen LogP contribution in [0.25, 0.3) is 27.8 Å². The van der Waals surface area contributed by atoms with E-state index in [0.717, 1.165) is 36.6 Å². The summed E-state index contributed by atoms with van der Waals surface area (Å²) in [4.78, 5) is 11.3. The number of hydrogen-bond donors (Lipinski definition) is 1. The van der Waals surface area contributed by atoms with E-state index < -0.39 is 5.91 Å². The van der Waals surface area contributed by atoms with Gasteiger partial charge in [-0.15, -0.1) is 0 Å². The first-order chi connectivity index (χ1) is 14.6. The van der Waals surface area contributed by atoms with Crippen molar-refractivity contribution in [3.8, 4) is 0 Å². The number of primary amides is 1. The molecule has 0 atom stereocenters. The van der Waals surface area contributed by atoms with E-state index in [4.69, 9.17) is 5.73 Å². The lowest BCUT2D eigenvalue weighted by Crippen LogP contribution is -2.09. The zero-order valence-electron chi connectivity index (χ0n) is 16.7. The molecule has 1 heterocycles. The normalized spacial score (nSPS) is 13.9. The number of nitrogens with zero attached hydrogens (tertiary/aromatic N) is 1. The van der Waals surface area contributed by atoms with Gasteiger partial charge in [0.15, 0.2) is 0 Å². The zero-order chi connectivity index (χ0) is 20.7. The number of nitrogens with two attached hydrogens (primary N) is 1. The van der Waals surface area contributed by atoms with E-state index >= 15 is 0 Å². The highest BCUT2D eigenvalue weighted by molar-refractivity contribution is 5.97. The number of carbonyl (C=O) groups excluding carboxylic acids is 1. The van der Waals surface area contributed by atoms with Crippen LogP contribution in [0, 0.1) is 5.82 Å². The van der Waals surface area contributed by atoms with Crippen LogP contribution in [0.3, 0.4) is 0 Å². The van der Waals surface area contributed by atoms with Crippen molar-refractivity contribution in [3.63, 3.8) is 0 Å². The van der Waals surface area contributed by atoms with Gasteiger partial charge in [-0.3, -0.25) is 4.79 Å². The summed E-state index contributed by atoms with van der Waals surface area (Å²) in [6.45, 7) is 0.708. The summed E-state index contributed by atoms with van der Waals surface area (Å²) in [5.41, 5.74) is 10.7. The summed E-state index contributed by atoms with van der Waals surface area (Å²) in [6, 6.07) is 18.0. The molecule has 0 saturated carbocycles. The van der Waals surface area contributed by atoms with Gasteiger partial charge in [-0.1, -0.05) is 36.4 Å². The van der Waals surface area contributed by atoms with Crippen LogP contribution in [-0.2, 0) is 24.2 Å². The van der Waals surface area contributed by atoms with Crippen LogP contribution in [0.4, 0.5) is 4.39 Å². The third kappa shape index (κ3) is 3.28. The van der Waals surface area contributed by atoms with Gasteiger partial charge in [0.05, 0.1) is 5.52 Å². The van der Waals surface area contributed by atoms with Crippen molar-refractivity contribution in [2.45, 2.75) is 32.2 Å². The Balaban J connectivity index is 1.72. The number of aryl methyl sites for hydroxylation is 1. The quantitative estimate of drug-likeness (QED) is 0.462. The zero-order valence-corrected chi connectivity index (χ0v) is 16.7. The van der Waals surface area contributed by atoms with Crippen molar-refractivity contribution in [2.24, 2.45) is 5.73 Å². The van der Waals surface area contributed by atoms with E-state index in [1.807, 2.05) is 6.07 Å². The van der Waals surface area contributed by atoms with Crippen molar-refractivity contribution < 1.29 is 9.18 Å². The predicted octanol–water partition coefficient (Wildman–Crippen LogP) is 5.36. The summed E-state index contributed by atoms with van der Waals surface area (Å²) in [7, 11) is 0. The van der Waals surface area contributed by atoms with Crippen LogP contribution in [0.5, 0.6) is 0 Å². The first-order valence-corrected chi connectivity index (χ1v) is 10.4. The van der Waals surface area contributed by atoms with E-state index in [0.29, 0.717) is 12.1 Å². The molecule has 0 fully saturated rings. The highest BCUT2D eigenvalue weighted by atomic mass is 19.1. The molecule has 4 aromatic rings. The summed E-state index contributed by atoms with van der Waals surface area (Å²) in [5, 5.41) is 3.38. The molecule has 0 spiro atoms. The number of amides is 1. The van der Waals surface area contributed by atoms with Crippen LogP contribution in [0.1, 0.15) is 35.2 Å². The third-order valence-corrected chi connectivity index (χ3v) is 6.05. The van der Waals surface area contributed by atoms with E-state index in [-0.39, 0.29) is 5.82 Å². The topological polar surface area (TPSA) is 48.0 Å². The SMILES string of the molecule is NC(=O)/C=C/c1cc(F)cc2c3c(n(Cc4ccc5ccccc5c4)c12)CCCC3. The molecule has 4 heteroatoms. The lowest BCUT2D eigenvalue weighted by atomic mass is 9.95. The van der Waals surface area contributed by atoms with E-state index in [2.05, 4.69) is 41.0 Å². The Bertz CT molecular complexity index is 1320. The Hall–Kier alpha value is -3.40. The van der Waals surface area contributed by atoms with Gasteiger partial charge in [0.1, 0.15) is 5.82 Å². The van der Waals surface area contributed by atoms with Crippen LogP contribution >= 0.6 is 0 Å². The fourth-order valence-electron chi connectivity index (χ4n) is 4.76. The molecule has 0 bridgehead atoms. The maximum Gasteiger partial charge on any atom is 0.241 e. The van der Waals surface area contributed by atoms with Crippen molar-refractivity contribution in [1.82, 2.24) is 4.57 Å². The average Bonchev–Trinajstić information content (AvgIpc) is 3.05. The smallest absolute Gasteiger partial charge is 0.241 e. The summed E-state index contributed by atoms with van der Waals surface area (Å²) < 4.78 is 16.8. The minimum Gasteiger partial charge on any atom is -0.366 e. The van der Waals surface area contributed by atoms with Gasteiger partial charge in [-0.05, 0) is 71.9 Å². The molecule has 3 aromatic carbocycles. The van der Waals surface area contributed by atoms with Gasteiger partial charge in [-0.2, -0.15) is 0 Å². The number of benzene rings is 3. The average molecular weight is 398 g/mol. The highest BCUT2D eigenvalue weighted by Crippen LogP contribution is 2.36. The molecule has 0 aliphatic heterocycles. The summed E-state index contributed by atoms with van der Waals surface area (Å²) >= 11 is 0. The third-order valence-electron chi connectivity index (χ3n) is 6.05. The lowest BCUT2D eigenvalue weighted by molar-refractivity contribution is -0.113. The van der Waals surface area contributed by atoms with Crippen LogP contribution in [0.15, 0.2) is 60.7 Å². The van der Waals surface area contributed by atoms with Gasteiger partial charge in [-0.25, -0.2) is 4.39 Å². The molecule has 1 aliphatic rings. The number of halogens is 1. The summed E-state index contributed by atoms with van der Waals surface area (Å²) in [6.07, 6.45) is 7.13. The van der Waals surface area contributed by atoms with Crippen LogP contribution in [0.2, 0.25) is 0 Å². The molecule has 0 unspecified atom stereocenters. The predicted molar refractivity (Wildman–Crippen MR) is 120 cm³/mol. The van der Waals surface area contributed by atoms with Crippen LogP contribution in [-0.4, -0.2) is 10.5 Å². The van der Waals surface area contributed by atoms with Crippen molar-refractivity contribution in [3.05, 3.63) is 88.9 Å². The van der Waals surface area contributed by atoms with E-state index in [1.54, 1.807) is 12.1 Å². The van der Waals surface area contributed by atoms with Gasteiger partial charge < -0.3 is 10.3 Å². The van der Waals surface area contributed by atoms with E-state index in [1.165, 1.54) is 39.7 Å². The van der Waals surface area contributed by atoms with Crippen LogP contribution < -0.4 is 5.73 Å². The van der Waals surface area contributed by atoms with Crippen molar-refractivity contribution in [1.29, 1.82) is 0 Å². The Kier molecular flexibility index (Phi) is 4.62. The van der Waals surface area contributed by atoms with Gasteiger partial charge in [0.2, 0.25) is 5.91 Å². The number of fused-ring (bicyclic) bond motifs is 4. The maximum absolute atomic E-state index is 14.4. The second kappa shape index (κ2) is 7.45. The fraction of sp³-hybridized carbons (Fsp3) is 0.192. The highest BCUT2D eigenvalue weighted by Gasteiger charge is 2.22. The fourth-order valence-corrected chi connectivity index (χ4v) is 4.76. The monoisotopic (exact) mass is 398 g/mol. The molecule has 0 radical (unpaired) electrons. The summed E-state index contributed by atoms with van der Waals surface area (Å²) in [5.74, 6) is -0.826. The standard InChI is InChI=1S/C26H23FN2O/c27-21-14-20(11-12-25(28)30)26-23(15-21)22-7-3-4-8-24(22)29(26)16-17-9-10-18-5-1-2-6-19(18)13-17/h1-2,5-6,9-15H,3-4,7-8,16H2,(H2,28,30)/b12-11+. The molecule has 30 heavy (non-hydrogen) atoms. The molecule has 2 N–H and O–H groups in total. The number of aromatic nitrogens is 1. The molecule has 0 saturated heterocycles. The minimum absolute atomic E-state index is 0.289. The molecule has 3 nitrogen and oxygen atoms in total. The maximum atomic E-state index is 14.4. The molecule has 5 rings (SSSR count). The molecular weight excluding hydrogens is 375 g/mol. The Morgan fingerprint density at radius 3 is 2.67 bits per heavy atom. The number of carbonyl (C=O) groups is 1. The largest absolute Gasteiger partial charge is 0.366 e. The Labute approximate surface area is 174 Å². The molecular formula is C26H23FN2O. The first-order valence-electron chi connectivity index (χ1n) is 10.4.